The summed E-state index contributed by atoms with van der Waals surface area (Å²) >= 11 is 0. The van der Waals surface area contributed by atoms with Gasteiger partial charge in [0, 0.05) is 23.6 Å². The molecule has 0 aromatic carbocycles. The van der Waals surface area contributed by atoms with Gasteiger partial charge in [0.1, 0.15) is 6.54 Å². The normalized spacial score (nSPS) is 18.5. The van der Waals surface area contributed by atoms with E-state index < -0.39 is 37.2 Å². The third-order valence-electron chi connectivity index (χ3n) is 4.45. The van der Waals surface area contributed by atoms with E-state index in [0.29, 0.717) is 12.3 Å². The van der Waals surface area contributed by atoms with E-state index in [1.54, 1.807) is 0 Å². The van der Waals surface area contributed by atoms with Crippen LogP contribution in [-0.2, 0) is 25.5 Å². The van der Waals surface area contributed by atoms with Gasteiger partial charge < -0.3 is 18.8 Å². The lowest BCUT2D eigenvalue weighted by Gasteiger charge is -2.15. The molecule has 0 saturated carbocycles. The number of aromatic nitrogens is 1. The highest BCUT2D eigenvalue weighted by atomic mass is 19.4. The number of nitrogens with zero attached hydrogens (tertiary/aromatic N) is 1. The number of carbonyl (C=O) groups is 2. The van der Waals surface area contributed by atoms with Gasteiger partial charge in [-0.2, -0.15) is 13.2 Å². The summed E-state index contributed by atoms with van der Waals surface area (Å²) in [6, 6.07) is 1.37. The number of carbonyl (C=O) groups excluding carboxylic acids is 2. The van der Waals surface area contributed by atoms with Gasteiger partial charge in [0.2, 0.25) is 5.78 Å². The van der Waals surface area contributed by atoms with Crippen molar-refractivity contribution in [2.75, 3.05) is 19.8 Å². The molecule has 0 radical (unpaired) electrons. The highest BCUT2D eigenvalue weighted by Gasteiger charge is 2.30. The molecule has 27 heavy (non-hydrogen) atoms. The van der Waals surface area contributed by atoms with E-state index in [9.17, 15) is 22.8 Å². The molecule has 0 bridgehead atoms. The number of halogens is 3. The highest BCUT2D eigenvalue weighted by molar-refractivity contribution is 5.99. The molecule has 1 aliphatic heterocycles. The molecule has 0 aliphatic carbocycles. The third kappa shape index (κ3) is 6.07. The van der Waals surface area contributed by atoms with Gasteiger partial charge in [-0.3, -0.25) is 4.79 Å². The minimum absolute atomic E-state index is 0.0408. The summed E-state index contributed by atoms with van der Waals surface area (Å²) in [5.74, 6) is -1.26. The van der Waals surface area contributed by atoms with Crippen LogP contribution < -0.4 is 0 Å². The first-order chi connectivity index (χ1) is 12.6. The van der Waals surface area contributed by atoms with E-state index in [2.05, 4.69) is 0 Å². The molecule has 2 unspecified atom stereocenters. The van der Waals surface area contributed by atoms with Gasteiger partial charge in [0.05, 0.1) is 12.7 Å². The van der Waals surface area contributed by atoms with Gasteiger partial charge in [0.15, 0.2) is 12.7 Å². The van der Waals surface area contributed by atoms with Gasteiger partial charge in [-0.05, 0) is 39.7 Å². The first-order valence-electron chi connectivity index (χ1n) is 8.75. The Morgan fingerprint density at radius 2 is 2.07 bits per heavy atom. The zero-order valence-corrected chi connectivity index (χ0v) is 15.6. The number of esters is 1. The maximum atomic E-state index is 12.6. The highest BCUT2D eigenvalue weighted by Crippen LogP contribution is 2.23. The Morgan fingerprint density at radius 3 is 2.67 bits per heavy atom. The second-order valence-corrected chi connectivity index (χ2v) is 6.63. The summed E-state index contributed by atoms with van der Waals surface area (Å²) in [5.41, 5.74) is 0.610. The number of hydrogen-bond donors (Lipinski definition) is 0. The second kappa shape index (κ2) is 8.88. The Bertz CT molecular complexity index is 677. The van der Waals surface area contributed by atoms with Crippen LogP contribution in [0.3, 0.4) is 0 Å². The monoisotopic (exact) mass is 391 g/mol. The molecule has 0 N–H and O–H groups in total. The molecule has 9 heteroatoms. The van der Waals surface area contributed by atoms with Crippen LogP contribution in [0.25, 0.3) is 0 Å². The maximum absolute atomic E-state index is 12.6. The summed E-state index contributed by atoms with van der Waals surface area (Å²) in [6.45, 7) is 3.65. The topological polar surface area (TPSA) is 66.8 Å². The molecule has 1 aliphatic rings. The standard InChI is InChI=1S/C18H24F3NO5/c1-11-7-15(12(2)22(11)10-18(19,20)21)16(23)9-27-17(24)13(3)26-8-14-5-4-6-25-14/h7,13-14H,4-6,8-10H2,1-3H3. The third-order valence-corrected chi connectivity index (χ3v) is 4.45. The van der Waals surface area contributed by atoms with E-state index in [1.807, 2.05) is 0 Å². The minimum atomic E-state index is -4.39. The number of hydrogen-bond acceptors (Lipinski definition) is 5. The zero-order chi connectivity index (χ0) is 20.2. The lowest BCUT2D eigenvalue weighted by molar-refractivity contribution is -0.156. The zero-order valence-electron chi connectivity index (χ0n) is 15.6. The lowest BCUT2D eigenvalue weighted by atomic mass is 10.1. The van der Waals surface area contributed by atoms with Crippen molar-refractivity contribution < 1.29 is 37.0 Å². The molecule has 0 spiro atoms. The van der Waals surface area contributed by atoms with Crippen LogP contribution in [0.5, 0.6) is 0 Å². The molecule has 1 aromatic rings. The Balaban J connectivity index is 1.87. The smallest absolute Gasteiger partial charge is 0.406 e. The first-order valence-corrected chi connectivity index (χ1v) is 8.75. The predicted octanol–water partition coefficient (Wildman–Crippen LogP) is 2.98. The van der Waals surface area contributed by atoms with Crippen molar-refractivity contribution in [3.8, 4) is 0 Å². The van der Waals surface area contributed by atoms with Crippen LogP contribution in [0.4, 0.5) is 13.2 Å². The van der Waals surface area contributed by atoms with Crippen molar-refractivity contribution in [1.29, 1.82) is 0 Å². The van der Waals surface area contributed by atoms with Gasteiger partial charge >= 0.3 is 12.1 Å². The second-order valence-electron chi connectivity index (χ2n) is 6.63. The minimum Gasteiger partial charge on any atom is -0.455 e. The first kappa shape index (κ1) is 21.4. The van der Waals surface area contributed by atoms with Crippen molar-refractivity contribution in [2.24, 2.45) is 0 Å². The fourth-order valence-electron chi connectivity index (χ4n) is 2.93. The van der Waals surface area contributed by atoms with Gasteiger partial charge in [0.25, 0.3) is 0 Å². The van der Waals surface area contributed by atoms with Gasteiger partial charge in [-0.15, -0.1) is 0 Å². The number of aryl methyl sites for hydroxylation is 1. The maximum Gasteiger partial charge on any atom is 0.406 e. The van der Waals surface area contributed by atoms with Gasteiger partial charge in [-0.25, -0.2) is 4.79 Å². The SMILES string of the molecule is Cc1cc(C(=O)COC(=O)C(C)OCC2CCCO2)c(C)n1CC(F)(F)F. The van der Waals surface area contributed by atoms with Crippen LogP contribution in [0, 0.1) is 13.8 Å². The van der Waals surface area contributed by atoms with Crippen molar-refractivity contribution >= 4 is 11.8 Å². The molecule has 2 heterocycles. The van der Waals surface area contributed by atoms with Crippen LogP contribution in [0.2, 0.25) is 0 Å². The molecule has 2 atom stereocenters. The average molecular weight is 391 g/mol. The summed E-state index contributed by atoms with van der Waals surface area (Å²) in [4.78, 5) is 24.2. The van der Waals surface area contributed by atoms with Crippen LogP contribution >= 0.6 is 0 Å². The number of alkyl halides is 3. The molecular formula is C18H24F3NO5. The quantitative estimate of drug-likeness (QED) is 0.504. The molecule has 152 valence electrons. The van der Waals surface area contributed by atoms with E-state index in [0.717, 1.165) is 17.4 Å². The molecular weight excluding hydrogens is 367 g/mol. The summed E-state index contributed by atoms with van der Waals surface area (Å²) in [6.07, 6.45) is -3.47. The van der Waals surface area contributed by atoms with E-state index in [1.165, 1.54) is 26.8 Å². The fraction of sp³-hybridized carbons (Fsp3) is 0.667. The Labute approximate surface area is 155 Å². The Morgan fingerprint density at radius 1 is 1.37 bits per heavy atom. The van der Waals surface area contributed by atoms with Crippen molar-refractivity contribution in [1.82, 2.24) is 4.57 Å². The Kier molecular flexibility index (Phi) is 7.05. The molecule has 1 saturated heterocycles. The van der Waals surface area contributed by atoms with Crippen molar-refractivity contribution in [3.05, 3.63) is 23.0 Å². The van der Waals surface area contributed by atoms with Crippen LogP contribution in [0.15, 0.2) is 6.07 Å². The molecule has 1 aromatic heterocycles. The van der Waals surface area contributed by atoms with Crippen molar-refractivity contribution in [2.45, 2.75) is 58.5 Å². The largest absolute Gasteiger partial charge is 0.455 e. The molecule has 0 amide bonds. The van der Waals surface area contributed by atoms with Gasteiger partial charge in [-0.1, -0.05) is 0 Å². The molecule has 6 nitrogen and oxygen atoms in total. The molecule has 2 rings (SSSR count). The number of rotatable bonds is 8. The predicted molar refractivity (Wildman–Crippen MR) is 89.6 cm³/mol. The summed E-state index contributed by atoms with van der Waals surface area (Å²) < 4.78 is 54.7. The van der Waals surface area contributed by atoms with E-state index in [-0.39, 0.29) is 24.0 Å². The van der Waals surface area contributed by atoms with E-state index in [4.69, 9.17) is 14.2 Å². The average Bonchev–Trinajstić information content (AvgIpc) is 3.19. The lowest BCUT2D eigenvalue weighted by Crippen LogP contribution is -2.29. The van der Waals surface area contributed by atoms with Crippen LogP contribution in [0.1, 0.15) is 41.5 Å². The number of ether oxygens (including phenoxy) is 3. The van der Waals surface area contributed by atoms with Crippen molar-refractivity contribution in [3.63, 3.8) is 0 Å². The van der Waals surface area contributed by atoms with Crippen LogP contribution in [-0.4, -0.2) is 54.5 Å². The van der Waals surface area contributed by atoms with E-state index >= 15 is 0 Å². The molecule has 1 fully saturated rings. The summed E-state index contributed by atoms with van der Waals surface area (Å²) in [5, 5.41) is 0. The number of ketones is 1. The number of Topliss-reactive ketones (excluding diaryl/α,β-unsaturated/α-hetero) is 1. The summed E-state index contributed by atoms with van der Waals surface area (Å²) in [7, 11) is 0. The Hall–Kier alpha value is -1.87. The fourth-order valence-corrected chi connectivity index (χ4v) is 2.93.